The zero-order valence-electron chi connectivity index (χ0n) is 19.2. The lowest BCUT2D eigenvalue weighted by atomic mass is 10.1. The van der Waals surface area contributed by atoms with E-state index in [-0.39, 0.29) is 40.5 Å². The molecule has 0 spiro atoms. The fourth-order valence-corrected chi connectivity index (χ4v) is 4.80. The van der Waals surface area contributed by atoms with Gasteiger partial charge < -0.3 is 20.1 Å². The van der Waals surface area contributed by atoms with Crippen LogP contribution in [0.25, 0.3) is 0 Å². The molecule has 3 rings (SSSR count). The highest BCUT2D eigenvalue weighted by atomic mass is 35.5. The van der Waals surface area contributed by atoms with E-state index in [1.54, 1.807) is 26.0 Å². The Bertz CT molecular complexity index is 1210. The van der Waals surface area contributed by atoms with Crippen LogP contribution >= 0.6 is 34.5 Å². The molecule has 1 aromatic heterocycles. The third-order valence-electron chi connectivity index (χ3n) is 4.88. The Morgan fingerprint density at radius 3 is 2.49 bits per heavy atom. The minimum atomic E-state index is -0.624. The van der Waals surface area contributed by atoms with Crippen molar-refractivity contribution >= 4 is 57.3 Å². The minimum absolute atomic E-state index is 0.142. The van der Waals surface area contributed by atoms with Crippen LogP contribution < -0.4 is 15.4 Å². The number of carbonyl (C=O) groups is 3. The topological polar surface area (TPSA) is 93.7 Å². The highest BCUT2D eigenvalue weighted by Gasteiger charge is 2.26. The lowest BCUT2D eigenvalue weighted by Crippen LogP contribution is -2.25. The Balaban J connectivity index is 1.71. The minimum Gasteiger partial charge on any atom is -0.482 e. The zero-order chi connectivity index (χ0) is 25.4. The van der Waals surface area contributed by atoms with E-state index < -0.39 is 11.9 Å². The first-order valence-electron chi connectivity index (χ1n) is 10.8. The number of benzene rings is 2. The molecule has 0 aliphatic heterocycles. The van der Waals surface area contributed by atoms with Crippen molar-refractivity contribution in [3.63, 3.8) is 0 Å². The summed E-state index contributed by atoms with van der Waals surface area (Å²) in [4.78, 5) is 38.3. The fraction of sp³-hybridized carbons (Fsp3) is 0.240. The molecule has 184 valence electrons. The van der Waals surface area contributed by atoms with Gasteiger partial charge in [0.15, 0.2) is 6.61 Å². The summed E-state index contributed by atoms with van der Waals surface area (Å²) in [5.74, 6) is -1.20. The van der Waals surface area contributed by atoms with Gasteiger partial charge in [-0.1, -0.05) is 53.5 Å². The number of rotatable bonds is 10. The number of halogens is 2. The van der Waals surface area contributed by atoms with Gasteiger partial charge in [0.25, 0.3) is 11.8 Å². The molecule has 0 unspecified atom stereocenters. The SMILES string of the molecule is CCOC(=O)c1c(NC(=O)COc2ccc(Cl)cc2Cl)sc(C(=O)NCCc2ccccc2)c1C. The summed E-state index contributed by atoms with van der Waals surface area (Å²) in [6.45, 7) is 3.54. The molecular formula is C25H24Cl2N2O5S. The predicted molar refractivity (Wildman–Crippen MR) is 138 cm³/mol. The van der Waals surface area contributed by atoms with Gasteiger partial charge in [-0.3, -0.25) is 9.59 Å². The third kappa shape index (κ3) is 7.21. The Kier molecular flexibility index (Phi) is 9.54. The highest BCUT2D eigenvalue weighted by Crippen LogP contribution is 2.34. The quantitative estimate of drug-likeness (QED) is 0.333. The Morgan fingerprint density at radius 2 is 1.80 bits per heavy atom. The number of hydrogen-bond donors (Lipinski definition) is 2. The van der Waals surface area contributed by atoms with E-state index in [9.17, 15) is 14.4 Å². The summed E-state index contributed by atoms with van der Waals surface area (Å²) < 4.78 is 10.6. The maximum Gasteiger partial charge on any atom is 0.341 e. The van der Waals surface area contributed by atoms with Gasteiger partial charge in [0.1, 0.15) is 10.8 Å². The van der Waals surface area contributed by atoms with Crippen molar-refractivity contribution in [2.75, 3.05) is 25.1 Å². The lowest BCUT2D eigenvalue weighted by molar-refractivity contribution is -0.118. The summed E-state index contributed by atoms with van der Waals surface area (Å²) in [6, 6.07) is 14.4. The summed E-state index contributed by atoms with van der Waals surface area (Å²) >= 11 is 12.9. The van der Waals surface area contributed by atoms with Crippen molar-refractivity contribution in [2.24, 2.45) is 0 Å². The molecular weight excluding hydrogens is 511 g/mol. The number of anilines is 1. The molecule has 0 aliphatic carbocycles. The third-order valence-corrected chi connectivity index (χ3v) is 6.62. The number of ether oxygens (including phenoxy) is 2. The molecule has 0 saturated carbocycles. The fourth-order valence-electron chi connectivity index (χ4n) is 3.21. The average Bonchev–Trinajstić information content (AvgIpc) is 3.15. The summed E-state index contributed by atoms with van der Waals surface area (Å²) in [5, 5.41) is 6.44. The number of amides is 2. The maximum absolute atomic E-state index is 12.8. The van der Waals surface area contributed by atoms with Crippen molar-refractivity contribution in [3.05, 3.63) is 80.1 Å². The first-order valence-corrected chi connectivity index (χ1v) is 12.4. The van der Waals surface area contributed by atoms with Crippen LogP contribution in [0.2, 0.25) is 10.0 Å². The van der Waals surface area contributed by atoms with Crippen LogP contribution in [0.4, 0.5) is 5.00 Å². The number of esters is 1. The van der Waals surface area contributed by atoms with Crippen LogP contribution in [0.15, 0.2) is 48.5 Å². The van der Waals surface area contributed by atoms with E-state index in [1.807, 2.05) is 30.3 Å². The van der Waals surface area contributed by atoms with E-state index in [4.69, 9.17) is 32.7 Å². The standard InChI is InChI=1S/C25H24Cl2N2O5S/c1-3-33-25(32)21-15(2)22(23(31)28-12-11-16-7-5-4-6-8-16)35-24(21)29-20(30)14-34-19-10-9-17(26)13-18(19)27/h4-10,13H,3,11-12,14H2,1-2H3,(H,28,31)(H,29,30). The number of nitrogens with one attached hydrogen (secondary N) is 2. The molecule has 0 radical (unpaired) electrons. The van der Waals surface area contributed by atoms with Gasteiger partial charge >= 0.3 is 5.97 Å². The smallest absolute Gasteiger partial charge is 0.341 e. The maximum atomic E-state index is 12.8. The van der Waals surface area contributed by atoms with Crippen molar-refractivity contribution in [3.8, 4) is 5.75 Å². The average molecular weight is 535 g/mol. The molecule has 7 nitrogen and oxygen atoms in total. The molecule has 0 aliphatic rings. The highest BCUT2D eigenvalue weighted by molar-refractivity contribution is 7.18. The van der Waals surface area contributed by atoms with Crippen LogP contribution in [0, 0.1) is 6.92 Å². The number of thiophene rings is 1. The van der Waals surface area contributed by atoms with Crippen molar-refractivity contribution in [1.82, 2.24) is 5.32 Å². The van der Waals surface area contributed by atoms with Gasteiger partial charge in [-0.05, 0) is 49.6 Å². The largest absolute Gasteiger partial charge is 0.482 e. The van der Waals surface area contributed by atoms with Crippen LogP contribution in [0.5, 0.6) is 5.75 Å². The second kappa shape index (κ2) is 12.6. The predicted octanol–water partition coefficient (Wildman–Crippen LogP) is 5.53. The molecule has 2 N–H and O–H groups in total. The molecule has 2 amide bonds. The first kappa shape index (κ1) is 26.5. The summed E-state index contributed by atoms with van der Waals surface area (Å²) in [6.07, 6.45) is 0.663. The van der Waals surface area contributed by atoms with Gasteiger partial charge in [0.05, 0.1) is 22.1 Å². The van der Waals surface area contributed by atoms with Gasteiger partial charge in [0, 0.05) is 11.6 Å². The van der Waals surface area contributed by atoms with Gasteiger partial charge in [0.2, 0.25) is 0 Å². The van der Waals surface area contributed by atoms with Gasteiger partial charge in [-0.2, -0.15) is 0 Å². The molecule has 0 bridgehead atoms. The molecule has 0 fully saturated rings. The van der Waals surface area contributed by atoms with Gasteiger partial charge in [-0.15, -0.1) is 11.3 Å². The second-order valence-corrected chi connectivity index (χ2v) is 9.25. The summed E-state index contributed by atoms with van der Waals surface area (Å²) in [5.41, 5.74) is 1.67. The first-order chi connectivity index (χ1) is 16.8. The van der Waals surface area contributed by atoms with E-state index in [1.165, 1.54) is 6.07 Å². The van der Waals surface area contributed by atoms with Crippen LogP contribution in [0.1, 0.15) is 38.1 Å². The molecule has 10 heteroatoms. The molecule has 1 heterocycles. The van der Waals surface area contributed by atoms with Crippen molar-refractivity contribution < 1.29 is 23.9 Å². The molecule has 0 saturated heterocycles. The summed E-state index contributed by atoms with van der Waals surface area (Å²) in [7, 11) is 0. The van der Waals surface area contributed by atoms with Crippen LogP contribution in [0.3, 0.4) is 0 Å². The molecule has 0 atom stereocenters. The lowest BCUT2D eigenvalue weighted by Gasteiger charge is -2.09. The Morgan fingerprint density at radius 1 is 1.06 bits per heavy atom. The van der Waals surface area contributed by atoms with Crippen molar-refractivity contribution in [1.29, 1.82) is 0 Å². The molecule has 35 heavy (non-hydrogen) atoms. The van der Waals surface area contributed by atoms with E-state index in [2.05, 4.69) is 10.6 Å². The Labute approximate surface area is 217 Å². The van der Waals surface area contributed by atoms with Crippen LogP contribution in [-0.4, -0.2) is 37.5 Å². The van der Waals surface area contributed by atoms with E-state index in [0.717, 1.165) is 16.9 Å². The van der Waals surface area contributed by atoms with E-state index in [0.29, 0.717) is 28.4 Å². The van der Waals surface area contributed by atoms with E-state index >= 15 is 0 Å². The normalized spacial score (nSPS) is 10.5. The molecule has 3 aromatic rings. The number of carbonyl (C=O) groups excluding carboxylic acids is 3. The second-order valence-electron chi connectivity index (χ2n) is 7.38. The molecule has 2 aromatic carbocycles. The van der Waals surface area contributed by atoms with Crippen molar-refractivity contribution in [2.45, 2.75) is 20.3 Å². The van der Waals surface area contributed by atoms with Gasteiger partial charge in [-0.25, -0.2) is 4.79 Å². The van der Waals surface area contributed by atoms with Crippen LogP contribution in [-0.2, 0) is 16.0 Å². The monoisotopic (exact) mass is 534 g/mol. The number of hydrogen-bond acceptors (Lipinski definition) is 6. The Hall–Kier alpha value is -3.07. The zero-order valence-corrected chi connectivity index (χ0v) is 21.5.